The third-order valence-electron chi connectivity index (χ3n) is 11.5. The average Bonchev–Trinajstić information content (AvgIpc) is 3.19. The lowest BCUT2D eigenvalue weighted by Gasteiger charge is -2.18. The molecule has 0 N–H and O–H groups in total. The van der Waals surface area contributed by atoms with Gasteiger partial charge < -0.3 is 14.2 Å². The number of carbonyl (C=O) groups excluding carboxylic acids is 3. The lowest BCUT2D eigenvalue weighted by atomic mass is 10.0. The Hall–Kier alpha value is -1.59. The van der Waals surface area contributed by atoms with Crippen molar-refractivity contribution in [2.75, 3.05) is 13.2 Å². The van der Waals surface area contributed by atoms with Gasteiger partial charge in [0.1, 0.15) is 13.2 Å². The van der Waals surface area contributed by atoms with Crippen LogP contribution >= 0.6 is 0 Å². The van der Waals surface area contributed by atoms with E-state index in [2.05, 4.69) is 27.7 Å². The van der Waals surface area contributed by atoms with E-state index in [9.17, 15) is 14.4 Å². The highest BCUT2D eigenvalue weighted by Gasteiger charge is 2.19. The van der Waals surface area contributed by atoms with E-state index in [0.717, 1.165) is 70.1 Å². The van der Waals surface area contributed by atoms with Crippen LogP contribution in [-0.2, 0) is 28.6 Å². The molecule has 6 heteroatoms. The van der Waals surface area contributed by atoms with E-state index >= 15 is 0 Å². The summed E-state index contributed by atoms with van der Waals surface area (Å²) in [5.74, 6) is -0.0273. The molecule has 0 unspecified atom stereocenters. The minimum absolute atomic E-state index is 0.0642. The van der Waals surface area contributed by atoms with Crippen LogP contribution in [0.2, 0.25) is 0 Å². The van der Waals surface area contributed by atoms with Crippen LogP contribution in [0.3, 0.4) is 0 Å². The molecule has 57 heavy (non-hydrogen) atoms. The number of hydrogen-bond donors (Lipinski definition) is 0. The van der Waals surface area contributed by atoms with Crippen molar-refractivity contribution in [3.8, 4) is 0 Å². The Kier molecular flexibility index (Phi) is 44.2. The Morgan fingerprint density at radius 1 is 0.333 bits per heavy atom. The van der Waals surface area contributed by atoms with Crippen LogP contribution in [0.4, 0.5) is 0 Å². The number of unbranched alkanes of at least 4 members (excludes halogenated alkanes) is 33. The first-order valence-electron chi connectivity index (χ1n) is 25.4. The van der Waals surface area contributed by atoms with Crippen molar-refractivity contribution < 1.29 is 28.6 Å². The molecule has 0 aliphatic heterocycles. The summed E-state index contributed by atoms with van der Waals surface area (Å²) in [5.41, 5.74) is 0. The van der Waals surface area contributed by atoms with E-state index in [-0.39, 0.29) is 31.1 Å². The van der Waals surface area contributed by atoms with Gasteiger partial charge in [0.05, 0.1) is 0 Å². The molecule has 1 atom stereocenters. The molecule has 0 fully saturated rings. The van der Waals surface area contributed by atoms with Crippen molar-refractivity contribution >= 4 is 17.9 Å². The minimum atomic E-state index is -0.758. The highest BCUT2D eigenvalue weighted by atomic mass is 16.6. The zero-order chi connectivity index (χ0) is 41.7. The molecule has 0 saturated carbocycles. The first-order chi connectivity index (χ1) is 27.9. The normalized spacial score (nSPS) is 11.9. The van der Waals surface area contributed by atoms with Crippen molar-refractivity contribution in [3.63, 3.8) is 0 Å². The second-order valence-electron chi connectivity index (χ2n) is 17.9. The number of rotatable bonds is 46. The van der Waals surface area contributed by atoms with Crippen LogP contribution in [0.5, 0.6) is 0 Å². The summed E-state index contributed by atoms with van der Waals surface area (Å²) in [6, 6.07) is 0. The highest BCUT2D eigenvalue weighted by Crippen LogP contribution is 2.17. The van der Waals surface area contributed by atoms with E-state index in [1.165, 1.54) is 173 Å². The number of ether oxygens (including phenoxy) is 3. The molecule has 0 aliphatic carbocycles. The van der Waals surface area contributed by atoms with Gasteiger partial charge in [-0.2, -0.15) is 0 Å². The Morgan fingerprint density at radius 2 is 0.579 bits per heavy atom. The third-order valence-corrected chi connectivity index (χ3v) is 11.5. The quantitative estimate of drug-likeness (QED) is 0.0346. The van der Waals surface area contributed by atoms with Crippen LogP contribution in [-0.4, -0.2) is 37.2 Å². The molecule has 0 aliphatic rings. The molecule has 0 aromatic heterocycles. The lowest BCUT2D eigenvalue weighted by Crippen LogP contribution is -2.30. The standard InChI is InChI=1S/C51H98O6/c1-5-7-9-11-12-13-14-15-16-17-18-19-20-21-26-29-32-36-40-44-51(54)57-48(45-55-49(52)42-38-33-10-8-6-2)46-56-50(53)43-39-35-31-28-25-23-22-24-27-30-34-37-41-47(3)4/h47-48H,5-46H2,1-4H3/t48-/m1/s1. The average molecular weight is 807 g/mol. The zero-order valence-corrected chi connectivity index (χ0v) is 38.8. The Morgan fingerprint density at radius 3 is 0.860 bits per heavy atom. The second kappa shape index (κ2) is 45.5. The molecule has 6 nitrogen and oxygen atoms in total. The Bertz CT molecular complexity index is 857. The summed E-state index contributed by atoms with van der Waals surface area (Å²) in [6.07, 6.45) is 47.0. The third kappa shape index (κ3) is 45.3. The topological polar surface area (TPSA) is 78.9 Å². The van der Waals surface area contributed by atoms with Gasteiger partial charge in [0, 0.05) is 19.3 Å². The largest absolute Gasteiger partial charge is 0.462 e. The first-order valence-corrected chi connectivity index (χ1v) is 25.4. The molecular weight excluding hydrogens is 709 g/mol. The van der Waals surface area contributed by atoms with E-state index in [1.54, 1.807) is 0 Å². The number of esters is 3. The fourth-order valence-corrected chi connectivity index (χ4v) is 7.69. The maximum atomic E-state index is 12.7. The molecule has 0 bridgehead atoms. The van der Waals surface area contributed by atoms with Gasteiger partial charge >= 0.3 is 17.9 Å². The fraction of sp³-hybridized carbons (Fsp3) is 0.941. The molecule has 0 spiro atoms. The summed E-state index contributed by atoms with van der Waals surface area (Å²) < 4.78 is 16.7. The second-order valence-corrected chi connectivity index (χ2v) is 17.9. The van der Waals surface area contributed by atoms with Gasteiger partial charge in [0.25, 0.3) is 0 Å². The van der Waals surface area contributed by atoms with Crippen molar-refractivity contribution in [3.05, 3.63) is 0 Å². The fourth-order valence-electron chi connectivity index (χ4n) is 7.69. The smallest absolute Gasteiger partial charge is 0.306 e. The molecule has 0 rings (SSSR count). The summed E-state index contributed by atoms with van der Waals surface area (Å²) in [6.45, 7) is 8.95. The van der Waals surface area contributed by atoms with Gasteiger partial charge in [0.2, 0.25) is 0 Å². The van der Waals surface area contributed by atoms with Crippen molar-refractivity contribution in [2.45, 2.75) is 291 Å². The Labute approximate surface area is 355 Å². The van der Waals surface area contributed by atoms with E-state index in [0.29, 0.717) is 19.3 Å². The van der Waals surface area contributed by atoms with Gasteiger partial charge in [-0.3, -0.25) is 14.4 Å². The summed E-state index contributed by atoms with van der Waals surface area (Å²) >= 11 is 0. The number of hydrogen-bond acceptors (Lipinski definition) is 6. The predicted molar refractivity (Wildman–Crippen MR) is 243 cm³/mol. The van der Waals surface area contributed by atoms with Gasteiger partial charge in [-0.1, -0.05) is 246 Å². The van der Waals surface area contributed by atoms with Crippen molar-refractivity contribution in [1.82, 2.24) is 0 Å². The van der Waals surface area contributed by atoms with Crippen LogP contribution in [0.1, 0.15) is 285 Å². The Balaban J connectivity index is 4.10. The highest BCUT2D eigenvalue weighted by molar-refractivity contribution is 5.71. The summed E-state index contributed by atoms with van der Waals surface area (Å²) in [5, 5.41) is 0. The summed E-state index contributed by atoms with van der Waals surface area (Å²) in [4.78, 5) is 37.6. The van der Waals surface area contributed by atoms with Crippen LogP contribution < -0.4 is 0 Å². The monoisotopic (exact) mass is 807 g/mol. The molecule has 338 valence electrons. The molecular formula is C51H98O6. The molecule has 0 radical (unpaired) electrons. The van der Waals surface area contributed by atoms with Crippen LogP contribution in [0, 0.1) is 5.92 Å². The SMILES string of the molecule is CCCCCCCCCCCCCCCCCCCCCC(=O)O[C@H](COC(=O)CCCCCCC)COC(=O)CCCCCCCCCCCCCCC(C)C. The number of carbonyl (C=O) groups is 3. The lowest BCUT2D eigenvalue weighted by molar-refractivity contribution is -0.167. The zero-order valence-electron chi connectivity index (χ0n) is 38.8. The predicted octanol–water partition coefficient (Wildman–Crippen LogP) is 16.3. The first kappa shape index (κ1) is 55.4. The van der Waals surface area contributed by atoms with Gasteiger partial charge in [-0.25, -0.2) is 0 Å². The van der Waals surface area contributed by atoms with Crippen LogP contribution in [0.15, 0.2) is 0 Å². The molecule has 0 aromatic carbocycles. The van der Waals surface area contributed by atoms with Gasteiger partial charge in [0.15, 0.2) is 6.10 Å². The van der Waals surface area contributed by atoms with Crippen molar-refractivity contribution in [2.24, 2.45) is 5.92 Å². The molecule has 0 saturated heterocycles. The maximum Gasteiger partial charge on any atom is 0.306 e. The minimum Gasteiger partial charge on any atom is -0.462 e. The van der Waals surface area contributed by atoms with Gasteiger partial charge in [-0.15, -0.1) is 0 Å². The van der Waals surface area contributed by atoms with E-state index in [4.69, 9.17) is 14.2 Å². The molecule has 0 amide bonds. The van der Waals surface area contributed by atoms with Gasteiger partial charge in [-0.05, 0) is 25.2 Å². The maximum absolute atomic E-state index is 12.7. The van der Waals surface area contributed by atoms with E-state index in [1.807, 2.05) is 0 Å². The molecule has 0 heterocycles. The molecule has 0 aromatic rings. The summed E-state index contributed by atoms with van der Waals surface area (Å²) in [7, 11) is 0. The van der Waals surface area contributed by atoms with Crippen LogP contribution in [0.25, 0.3) is 0 Å². The van der Waals surface area contributed by atoms with Crippen molar-refractivity contribution in [1.29, 1.82) is 0 Å². The van der Waals surface area contributed by atoms with E-state index < -0.39 is 6.10 Å².